The number of fused-ring (bicyclic) bond motifs is 1. The van der Waals surface area contributed by atoms with E-state index < -0.39 is 0 Å². The molecule has 1 fully saturated rings. The smallest absolute Gasteiger partial charge is 0.231 e. The van der Waals surface area contributed by atoms with Crippen LogP contribution >= 0.6 is 11.6 Å². The lowest BCUT2D eigenvalue weighted by atomic mass is 9.90. The Labute approximate surface area is 163 Å². The Bertz CT molecular complexity index is 837. The standard InChI is InChI=1S/C21H22ClNO4/c1-25-18-9-14(10-19-21(18)27-13-26-19)11-23-8-2-3-16(12-23)20(24)15-4-6-17(22)7-5-15/h4-7,9-10,16H,2-3,8,11-13H2,1H3/t16-/m0/s1. The zero-order chi connectivity index (χ0) is 18.8. The van der Waals surface area contributed by atoms with Crippen LogP contribution in [0.25, 0.3) is 0 Å². The van der Waals surface area contributed by atoms with Crippen LogP contribution in [-0.4, -0.2) is 37.7 Å². The second-order valence-corrected chi connectivity index (χ2v) is 7.41. The average molecular weight is 388 g/mol. The lowest BCUT2D eigenvalue weighted by Gasteiger charge is -2.32. The number of piperidine rings is 1. The molecule has 142 valence electrons. The number of Topliss-reactive ketones (excluding diaryl/α,β-unsaturated/α-hetero) is 1. The van der Waals surface area contributed by atoms with Crippen LogP contribution in [0.4, 0.5) is 0 Å². The van der Waals surface area contributed by atoms with Crippen LogP contribution in [-0.2, 0) is 6.54 Å². The number of rotatable bonds is 5. The van der Waals surface area contributed by atoms with Gasteiger partial charge in [-0.1, -0.05) is 11.6 Å². The van der Waals surface area contributed by atoms with Gasteiger partial charge in [-0.2, -0.15) is 0 Å². The van der Waals surface area contributed by atoms with Crippen LogP contribution in [0.5, 0.6) is 17.2 Å². The molecule has 0 saturated carbocycles. The van der Waals surface area contributed by atoms with E-state index in [1.54, 1.807) is 19.2 Å². The summed E-state index contributed by atoms with van der Waals surface area (Å²) in [6.45, 7) is 2.69. The van der Waals surface area contributed by atoms with Crippen molar-refractivity contribution < 1.29 is 19.0 Å². The minimum atomic E-state index is 0.0100. The molecule has 2 heterocycles. The number of benzene rings is 2. The maximum absolute atomic E-state index is 12.8. The van der Waals surface area contributed by atoms with E-state index in [9.17, 15) is 4.79 Å². The predicted molar refractivity (Wildman–Crippen MR) is 103 cm³/mol. The number of halogens is 1. The summed E-state index contributed by atoms with van der Waals surface area (Å²) in [5, 5.41) is 0.647. The van der Waals surface area contributed by atoms with Crippen molar-refractivity contribution in [2.75, 3.05) is 27.0 Å². The molecule has 2 aliphatic rings. The van der Waals surface area contributed by atoms with Gasteiger partial charge in [0.25, 0.3) is 0 Å². The number of methoxy groups -OCH3 is 1. The molecule has 4 rings (SSSR count). The first-order valence-corrected chi connectivity index (χ1v) is 9.50. The largest absolute Gasteiger partial charge is 0.493 e. The Morgan fingerprint density at radius 1 is 1.26 bits per heavy atom. The van der Waals surface area contributed by atoms with Crippen LogP contribution in [0, 0.1) is 5.92 Å². The van der Waals surface area contributed by atoms with Crippen molar-refractivity contribution in [3.05, 3.63) is 52.5 Å². The van der Waals surface area contributed by atoms with Crippen molar-refractivity contribution in [3.63, 3.8) is 0 Å². The summed E-state index contributed by atoms with van der Waals surface area (Å²) in [4.78, 5) is 15.2. The van der Waals surface area contributed by atoms with Gasteiger partial charge >= 0.3 is 0 Å². The fourth-order valence-electron chi connectivity index (χ4n) is 3.80. The van der Waals surface area contributed by atoms with Gasteiger partial charge < -0.3 is 14.2 Å². The number of nitrogens with zero attached hydrogens (tertiary/aromatic N) is 1. The molecule has 0 aliphatic carbocycles. The fourth-order valence-corrected chi connectivity index (χ4v) is 3.92. The second kappa shape index (κ2) is 7.79. The number of ketones is 1. The first-order valence-electron chi connectivity index (χ1n) is 9.12. The van der Waals surface area contributed by atoms with Crippen molar-refractivity contribution in [1.29, 1.82) is 0 Å². The molecule has 1 saturated heterocycles. The molecule has 0 aromatic heterocycles. The third kappa shape index (κ3) is 3.89. The molecule has 2 aromatic carbocycles. The number of hydrogen-bond acceptors (Lipinski definition) is 5. The summed E-state index contributed by atoms with van der Waals surface area (Å²) in [6.07, 6.45) is 1.92. The molecule has 0 bridgehead atoms. The highest BCUT2D eigenvalue weighted by atomic mass is 35.5. The van der Waals surface area contributed by atoms with E-state index in [1.807, 2.05) is 24.3 Å². The molecular weight excluding hydrogens is 366 g/mol. The van der Waals surface area contributed by atoms with Crippen molar-refractivity contribution in [1.82, 2.24) is 4.90 Å². The summed E-state index contributed by atoms with van der Waals surface area (Å²) < 4.78 is 16.4. The molecule has 0 N–H and O–H groups in total. The summed E-state index contributed by atoms with van der Waals surface area (Å²) in [6, 6.07) is 11.1. The first-order chi connectivity index (χ1) is 13.1. The average Bonchev–Trinajstić information content (AvgIpc) is 3.16. The Hall–Kier alpha value is -2.24. The Balaban J connectivity index is 1.46. The van der Waals surface area contributed by atoms with E-state index >= 15 is 0 Å². The van der Waals surface area contributed by atoms with Gasteiger partial charge in [-0.05, 0) is 61.3 Å². The Morgan fingerprint density at radius 3 is 2.85 bits per heavy atom. The van der Waals surface area contributed by atoms with Crippen molar-refractivity contribution >= 4 is 17.4 Å². The molecule has 2 aliphatic heterocycles. The van der Waals surface area contributed by atoms with E-state index in [2.05, 4.69) is 4.90 Å². The van der Waals surface area contributed by atoms with E-state index in [-0.39, 0.29) is 18.5 Å². The SMILES string of the molecule is COc1cc(CN2CCC[C@H](C(=O)c3ccc(Cl)cc3)C2)cc2c1OCO2. The Morgan fingerprint density at radius 2 is 2.07 bits per heavy atom. The second-order valence-electron chi connectivity index (χ2n) is 6.98. The van der Waals surface area contributed by atoms with Crippen molar-refractivity contribution in [3.8, 4) is 17.2 Å². The highest BCUT2D eigenvalue weighted by molar-refractivity contribution is 6.30. The molecule has 0 radical (unpaired) electrons. The molecule has 27 heavy (non-hydrogen) atoms. The van der Waals surface area contributed by atoms with E-state index in [0.717, 1.165) is 49.4 Å². The summed E-state index contributed by atoms with van der Waals surface area (Å²) in [5.41, 5.74) is 1.83. The maximum Gasteiger partial charge on any atom is 0.231 e. The molecular formula is C21H22ClNO4. The third-order valence-corrected chi connectivity index (χ3v) is 5.38. The normalized spacial score (nSPS) is 19.1. The lowest BCUT2D eigenvalue weighted by molar-refractivity contribution is 0.0811. The summed E-state index contributed by atoms with van der Waals surface area (Å²) >= 11 is 5.93. The van der Waals surface area contributed by atoms with Gasteiger partial charge in [0.15, 0.2) is 17.3 Å². The molecule has 2 aromatic rings. The van der Waals surface area contributed by atoms with Crippen LogP contribution < -0.4 is 14.2 Å². The van der Waals surface area contributed by atoms with E-state index in [1.165, 1.54) is 0 Å². The molecule has 0 amide bonds. The topological polar surface area (TPSA) is 48.0 Å². The highest BCUT2D eigenvalue weighted by Gasteiger charge is 2.27. The van der Waals surface area contributed by atoms with Gasteiger partial charge in [-0.15, -0.1) is 0 Å². The van der Waals surface area contributed by atoms with Gasteiger partial charge in [0.2, 0.25) is 12.5 Å². The zero-order valence-corrected chi connectivity index (χ0v) is 16.0. The predicted octanol–water partition coefficient (Wildman–Crippen LogP) is 4.17. The third-order valence-electron chi connectivity index (χ3n) is 5.13. The fraction of sp³-hybridized carbons (Fsp3) is 0.381. The van der Waals surface area contributed by atoms with Gasteiger partial charge in [-0.3, -0.25) is 9.69 Å². The number of carbonyl (C=O) groups is 1. The molecule has 1 atom stereocenters. The first kappa shape index (κ1) is 18.1. The van der Waals surface area contributed by atoms with Gasteiger partial charge in [0.1, 0.15) is 0 Å². The van der Waals surface area contributed by atoms with E-state index in [0.29, 0.717) is 16.5 Å². The quantitative estimate of drug-likeness (QED) is 0.720. The lowest BCUT2D eigenvalue weighted by Crippen LogP contribution is -2.38. The van der Waals surface area contributed by atoms with Crippen LogP contribution in [0.3, 0.4) is 0 Å². The van der Waals surface area contributed by atoms with Gasteiger partial charge in [0, 0.05) is 29.6 Å². The van der Waals surface area contributed by atoms with Crippen molar-refractivity contribution in [2.24, 2.45) is 5.92 Å². The maximum atomic E-state index is 12.8. The van der Waals surface area contributed by atoms with Crippen LogP contribution in [0.2, 0.25) is 5.02 Å². The number of likely N-dealkylation sites (tertiary alicyclic amines) is 1. The number of ether oxygens (including phenoxy) is 3. The van der Waals surface area contributed by atoms with Gasteiger partial charge in [-0.25, -0.2) is 0 Å². The molecule has 6 heteroatoms. The van der Waals surface area contributed by atoms with Crippen molar-refractivity contribution in [2.45, 2.75) is 19.4 Å². The van der Waals surface area contributed by atoms with Crippen LogP contribution in [0.1, 0.15) is 28.8 Å². The summed E-state index contributed by atoms with van der Waals surface area (Å²) in [7, 11) is 1.63. The van der Waals surface area contributed by atoms with Gasteiger partial charge in [0.05, 0.1) is 7.11 Å². The minimum absolute atomic E-state index is 0.0100. The number of carbonyl (C=O) groups excluding carboxylic acids is 1. The molecule has 0 spiro atoms. The zero-order valence-electron chi connectivity index (χ0n) is 15.2. The monoisotopic (exact) mass is 387 g/mol. The molecule has 5 nitrogen and oxygen atoms in total. The highest BCUT2D eigenvalue weighted by Crippen LogP contribution is 2.42. The molecule has 0 unspecified atom stereocenters. The van der Waals surface area contributed by atoms with Crippen LogP contribution in [0.15, 0.2) is 36.4 Å². The summed E-state index contributed by atoms with van der Waals surface area (Å²) in [5.74, 6) is 2.27. The van der Waals surface area contributed by atoms with E-state index in [4.69, 9.17) is 25.8 Å². The minimum Gasteiger partial charge on any atom is -0.493 e. The Kier molecular flexibility index (Phi) is 5.23. The number of hydrogen-bond donors (Lipinski definition) is 0.